The van der Waals surface area contributed by atoms with Gasteiger partial charge in [0.05, 0.1) is 6.61 Å². The lowest BCUT2D eigenvalue weighted by atomic mass is 10.1. The molecule has 0 bridgehead atoms. The van der Waals surface area contributed by atoms with Crippen molar-refractivity contribution in [3.05, 3.63) is 65.2 Å². The minimum Gasteiger partial charge on any atom is -0.483 e. The number of ketones is 1. The fraction of sp³-hybridized carbons (Fsp3) is 0.235. The second-order valence-electron chi connectivity index (χ2n) is 4.79. The lowest BCUT2D eigenvalue weighted by molar-refractivity contribution is 0.0818. The maximum absolute atomic E-state index is 12.2. The second-order valence-corrected chi connectivity index (χ2v) is 4.79. The van der Waals surface area contributed by atoms with E-state index in [4.69, 9.17) is 9.84 Å². The van der Waals surface area contributed by atoms with Crippen LogP contribution in [0.1, 0.15) is 28.4 Å². The summed E-state index contributed by atoms with van der Waals surface area (Å²) in [5.41, 5.74) is 2.58. The van der Waals surface area contributed by atoms with E-state index in [2.05, 4.69) is 0 Å². The molecule has 20 heavy (non-hydrogen) atoms. The lowest BCUT2D eigenvalue weighted by Crippen LogP contribution is -2.23. The van der Waals surface area contributed by atoms with Crippen molar-refractivity contribution in [3.8, 4) is 5.75 Å². The number of aryl methyl sites for hydroxylation is 1. The van der Waals surface area contributed by atoms with Crippen LogP contribution in [-0.2, 0) is 6.61 Å². The number of Topliss-reactive ketones (excluding diaryl/α,β-unsaturated/α-hetero) is 1. The molecule has 0 saturated heterocycles. The van der Waals surface area contributed by atoms with Gasteiger partial charge in [0, 0.05) is 5.56 Å². The Balaban J connectivity index is 2.04. The van der Waals surface area contributed by atoms with Gasteiger partial charge in [-0.15, -0.1) is 0 Å². The Morgan fingerprint density at radius 1 is 1.10 bits per heavy atom. The van der Waals surface area contributed by atoms with Crippen LogP contribution < -0.4 is 4.74 Å². The molecule has 0 aliphatic carbocycles. The van der Waals surface area contributed by atoms with Crippen molar-refractivity contribution in [1.82, 2.24) is 0 Å². The molecule has 104 valence electrons. The van der Waals surface area contributed by atoms with Gasteiger partial charge in [-0.25, -0.2) is 0 Å². The molecule has 1 N–H and O–H groups in total. The average Bonchev–Trinajstić information content (AvgIpc) is 2.48. The van der Waals surface area contributed by atoms with Crippen molar-refractivity contribution in [2.45, 2.75) is 26.6 Å². The van der Waals surface area contributed by atoms with E-state index in [1.54, 1.807) is 31.2 Å². The molecular weight excluding hydrogens is 252 g/mol. The number of hydrogen-bond donors (Lipinski definition) is 1. The summed E-state index contributed by atoms with van der Waals surface area (Å²) in [6.45, 7) is 3.72. The predicted octanol–water partition coefficient (Wildman–Crippen LogP) is 3.14. The fourth-order valence-corrected chi connectivity index (χ4v) is 1.88. The van der Waals surface area contributed by atoms with E-state index in [0.29, 0.717) is 11.3 Å². The van der Waals surface area contributed by atoms with Crippen LogP contribution >= 0.6 is 0 Å². The highest BCUT2D eigenvalue weighted by Crippen LogP contribution is 2.16. The summed E-state index contributed by atoms with van der Waals surface area (Å²) in [6, 6.07) is 14.5. The van der Waals surface area contributed by atoms with Gasteiger partial charge < -0.3 is 9.84 Å². The third-order valence-corrected chi connectivity index (χ3v) is 3.12. The van der Waals surface area contributed by atoms with E-state index in [0.717, 1.165) is 11.1 Å². The van der Waals surface area contributed by atoms with Gasteiger partial charge in [-0.1, -0.05) is 42.0 Å². The van der Waals surface area contributed by atoms with Gasteiger partial charge >= 0.3 is 0 Å². The fourth-order valence-electron chi connectivity index (χ4n) is 1.88. The van der Waals surface area contributed by atoms with Gasteiger partial charge in [-0.05, 0) is 31.5 Å². The number of carbonyl (C=O) groups excluding carboxylic acids is 1. The van der Waals surface area contributed by atoms with Crippen LogP contribution in [0, 0.1) is 6.92 Å². The van der Waals surface area contributed by atoms with Crippen molar-refractivity contribution in [2.75, 3.05) is 0 Å². The summed E-state index contributed by atoms with van der Waals surface area (Å²) in [6.07, 6.45) is -0.544. The molecule has 0 radical (unpaired) electrons. The third-order valence-electron chi connectivity index (χ3n) is 3.12. The minimum atomic E-state index is -0.544. The van der Waals surface area contributed by atoms with Crippen LogP contribution in [0.15, 0.2) is 48.5 Å². The minimum absolute atomic E-state index is 0.00185. The van der Waals surface area contributed by atoms with E-state index in [9.17, 15) is 4.79 Å². The molecule has 0 fully saturated rings. The molecular formula is C17H18O3. The Bertz CT molecular complexity index is 570. The summed E-state index contributed by atoms with van der Waals surface area (Å²) in [5, 5.41) is 8.97. The number of rotatable bonds is 5. The Hall–Kier alpha value is -2.13. The standard InChI is InChI=1S/C17H18O3/c1-12-3-7-15(8-4-12)17(19)13(2)20-16-9-5-14(11-18)6-10-16/h3-10,13,18H,11H2,1-2H3. The first kappa shape index (κ1) is 14.3. The molecule has 2 aromatic carbocycles. The smallest absolute Gasteiger partial charge is 0.202 e. The Kier molecular flexibility index (Phi) is 4.53. The maximum Gasteiger partial charge on any atom is 0.202 e. The molecule has 2 aromatic rings. The number of aliphatic hydroxyl groups is 1. The highest BCUT2D eigenvalue weighted by Gasteiger charge is 2.16. The first-order chi connectivity index (χ1) is 9.60. The molecule has 0 heterocycles. The number of hydrogen-bond acceptors (Lipinski definition) is 3. The zero-order valence-corrected chi connectivity index (χ0v) is 11.7. The average molecular weight is 270 g/mol. The van der Waals surface area contributed by atoms with Crippen molar-refractivity contribution in [2.24, 2.45) is 0 Å². The number of carbonyl (C=O) groups is 1. The number of ether oxygens (including phenoxy) is 1. The topological polar surface area (TPSA) is 46.5 Å². The largest absolute Gasteiger partial charge is 0.483 e. The van der Waals surface area contributed by atoms with Gasteiger partial charge in [0.1, 0.15) is 5.75 Å². The summed E-state index contributed by atoms with van der Waals surface area (Å²) >= 11 is 0. The van der Waals surface area contributed by atoms with Crippen molar-refractivity contribution < 1.29 is 14.6 Å². The van der Waals surface area contributed by atoms with Gasteiger partial charge in [-0.2, -0.15) is 0 Å². The molecule has 0 aromatic heterocycles. The van der Waals surface area contributed by atoms with Gasteiger partial charge in [0.15, 0.2) is 6.10 Å². The zero-order valence-electron chi connectivity index (χ0n) is 11.7. The SMILES string of the molecule is Cc1ccc(C(=O)C(C)Oc2ccc(CO)cc2)cc1. The van der Waals surface area contributed by atoms with E-state index >= 15 is 0 Å². The Morgan fingerprint density at radius 3 is 2.25 bits per heavy atom. The summed E-state index contributed by atoms with van der Waals surface area (Å²) < 4.78 is 5.63. The molecule has 0 amide bonds. The number of aliphatic hydroxyl groups excluding tert-OH is 1. The molecule has 0 spiro atoms. The van der Waals surface area contributed by atoms with Gasteiger partial charge in [-0.3, -0.25) is 4.79 Å². The van der Waals surface area contributed by atoms with Crippen molar-refractivity contribution in [3.63, 3.8) is 0 Å². The molecule has 0 aliphatic heterocycles. The summed E-state index contributed by atoms with van der Waals surface area (Å²) in [7, 11) is 0. The first-order valence-electron chi connectivity index (χ1n) is 6.57. The molecule has 0 aliphatic rings. The molecule has 1 unspecified atom stereocenters. The van der Waals surface area contributed by atoms with Crippen LogP contribution in [0.25, 0.3) is 0 Å². The van der Waals surface area contributed by atoms with Gasteiger partial charge in [0.2, 0.25) is 5.78 Å². The van der Waals surface area contributed by atoms with Crippen LogP contribution in [0.3, 0.4) is 0 Å². The molecule has 1 atom stereocenters. The van der Waals surface area contributed by atoms with E-state index in [1.807, 2.05) is 31.2 Å². The normalized spacial score (nSPS) is 11.9. The van der Waals surface area contributed by atoms with Crippen molar-refractivity contribution >= 4 is 5.78 Å². The van der Waals surface area contributed by atoms with Crippen LogP contribution in [-0.4, -0.2) is 17.0 Å². The maximum atomic E-state index is 12.2. The first-order valence-corrected chi connectivity index (χ1v) is 6.57. The van der Waals surface area contributed by atoms with E-state index < -0.39 is 6.10 Å². The molecule has 0 saturated carbocycles. The third kappa shape index (κ3) is 3.45. The number of benzene rings is 2. The zero-order chi connectivity index (χ0) is 14.5. The molecule has 3 nitrogen and oxygen atoms in total. The lowest BCUT2D eigenvalue weighted by Gasteiger charge is -2.14. The van der Waals surface area contributed by atoms with Crippen LogP contribution in [0.2, 0.25) is 0 Å². The van der Waals surface area contributed by atoms with E-state index in [1.165, 1.54) is 0 Å². The quantitative estimate of drug-likeness (QED) is 0.849. The second kappa shape index (κ2) is 6.35. The molecule has 2 rings (SSSR count). The summed E-state index contributed by atoms with van der Waals surface area (Å²) in [4.78, 5) is 12.2. The molecule has 3 heteroatoms. The Labute approximate surface area is 118 Å². The highest BCUT2D eigenvalue weighted by molar-refractivity contribution is 5.99. The van der Waals surface area contributed by atoms with Crippen molar-refractivity contribution in [1.29, 1.82) is 0 Å². The predicted molar refractivity (Wildman–Crippen MR) is 78.0 cm³/mol. The van der Waals surface area contributed by atoms with Gasteiger partial charge in [0.25, 0.3) is 0 Å². The monoisotopic (exact) mass is 270 g/mol. The highest BCUT2D eigenvalue weighted by atomic mass is 16.5. The van der Waals surface area contributed by atoms with E-state index in [-0.39, 0.29) is 12.4 Å². The van der Waals surface area contributed by atoms with Crippen LogP contribution in [0.5, 0.6) is 5.75 Å². The summed E-state index contributed by atoms with van der Waals surface area (Å²) in [5.74, 6) is 0.575. The van der Waals surface area contributed by atoms with Crippen LogP contribution in [0.4, 0.5) is 0 Å². The Morgan fingerprint density at radius 2 is 1.70 bits per heavy atom.